The summed E-state index contributed by atoms with van der Waals surface area (Å²) in [7, 11) is -3.66. The summed E-state index contributed by atoms with van der Waals surface area (Å²) in [6, 6.07) is 15.6. The summed E-state index contributed by atoms with van der Waals surface area (Å²) in [5.41, 5.74) is 0.730. The highest BCUT2D eigenvalue weighted by Gasteiger charge is 2.11. The van der Waals surface area contributed by atoms with Gasteiger partial charge >= 0.3 is 0 Å². The van der Waals surface area contributed by atoms with Crippen LogP contribution in [0.15, 0.2) is 64.6 Å². The van der Waals surface area contributed by atoms with Gasteiger partial charge in [-0.3, -0.25) is 0 Å². The van der Waals surface area contributed by atoms with Gasteiger partial charge in [0.05, 0.1) is 17.7 Å². The molecule has 0 unspecified atom stereocenters. The number of rotatable bonds is 10. The van der Waals surface area contributed by atoms with E-state index in [1.165, 1.54) is 31.2 Å². The molecule has 1 N–H and O–H groups in total. The first-order chi connectivity index (χ1) is 12.1. The average molecular weight is 360 g/mol. The van der Waals surface area contributed by atoms with Gasteiger partial charge in [0.2, 0.25) is 0 Å². The normalized spacial score (nSPS) is 11.6. The summed E-state index contributed by atoms with van der Waals surface area (Å²) in [6.07, 6.45) is 5.99. The zero-order valence-electron chi connectivity index (χ0n) is 14.4. The van der Waals surface area contributed by atoms with Crippen molar-refractivity contribution in [1.29, 1.82) is 0 Å². The highest BCUT2D eigenvalue weighted by Crippen LogP contribution is 2.16. The molecule has 0 fully saturated rings. The Kier molecular flexibility index (Phi) is 7.47. The first kappa shape index (κ1) is 19.0. The van der Waals surface area contributed by atoms with Gasteiger partial charge in [-0.2, -0.15) is 13.5 Å². The van der Waals surface area contributed by atoms with E-state index in [2.05, 4.69) is 16.9 Å². The van der Waals surface area contributed by atoms with E-state index in [4.69, 9.17) is 4.74 Å². The average Bonchev–Trinajstić information content (AvgIpc) is 2.63. The topological polar surface area (TPSA) is 67.8 Å². The van der Waals surface area contributed by atoms with E-state index in [0.29, 0.717) is 12.4 Å². The second-order valence-corrected chi connectivity index (χ2v) is 7.27. The fourth-order valence-corrected chi connectivity index (χ4v) is 3.06. The minimum atomic E-state index is -3.66. The lowest BCUT2D eigenvalue weighted by Gasteiger charge is -2.09. The maximum absolute atomic E-state index is 12.1. The predicted molar refractivity (Wildman–Crippen MR) is 100 cm³/mol. The molecule has 6 heteroatoms. The molecule has 0 saturated heterocycles. The third-order valence-electron chi connectivity index (χ3n) is 3.60. The molecule has 0 bridgehead atoms. The van der Waals surface area contributed by atoms with E-state index in [-0.39, 0.29) is 4.90 Å². The number of benzene rings is 2. The molecule has 2 aromatic carbocycles. The number of hydrazone groups is 1. The smallest absolute Gasteiger partial charge is 0.276 e. The van der Waals surface area contributed by atoms with Gasteiger partial charge in [-0.15, -0.1) is 0 Å². The Hall–Kier alpha value is -2.34. The molecule has 2 aromatic rings. The maximum Gasteiger partial charge on any atom is 0.276 e. The summed E-state index contributed by atoms with van der Waals surface area (Å²) in [6.45, 7) is 2.81. The number of para-hydroxylation sites is 1. The molecule has 0 atom stereocenters. The minimum Gasteiger partial charge on any atom is -0.493 e. The third kappa shape index (κ3) is 6.23. The second kappa shape index (κ2) is 9.84. The monoisotopic (exact) mass is 360 g/mol. The van der Waals surface area contributed by atoms with Gasteiger partial charge in [-0.1, -0.05) is 56.5 Å². The van der Waals surface area contributed by atoms with Crippen LogP contribution in [0.3, 0.4) is 0 Å². The fourth-order valence-electron chi connectivity index (χ4n) is 2.25. The first-order valence-electron chi connectivity index (χ1n) is 8.45. The number of unbranched alkanes of at least 4 members (excludes halogenated alkanes) is 3. The van der Waals surface area contributed by atoms with E-state index in [0.717, 1.165) is 18.4 Å². The maximum atomic E-state index is 12.1. The lowest BCUT2D eigenvalue weighted by molar-refractivity contribution is 0.304. The van der Waals surface area contributed by atoms with Crippen molar-refractivity contribution >= 4 is 16.2 Å². The minimum absolute atomic E-state index is 0.174. The molecule has 0 aliphatic rings. The van der Waals surface area contributed by atoms with Crippen LogP contribution in [-0.2, 0) is 10.0 Å². The Labute approximate surface area is 149 Å². The fraction of sp³-hybridized carbons (Fsp3) is 0.316. The largest absolute Gasteiger partial charge is 0.493 e. The van der Waals surface area contributed by atoms with Crippen LogP contribution in [0.5, 0.6) is 5.75 Å². The van der Waals surface area contributed by atoms with Gasteiger partial charge < -0.3 is 4.74 Å². The highest BCUT2D eigenvalue weighted by molar-refractivity contribution is 7.89. The van der Waals surface area contributed by atoms with Crippen LogP contribution in [-0.4, -0.2) is 21.2 Å². The van der Waals surface area contributed by atoms with E-state index in [1.54, 1.807) is 18.2 Å². The van der Waals surface area contributed by atoms with Crippen molar-refractivity contribution in [2.24, 2.45) is 5.10 Å². The number of hydrogen-bond donors (Lipinski definition) is 1. The predicted octanol–water partition coefficient (Wildman–Crippen LogP) is 3.96. The molecule has 0 heterocycles. The van der Waals surface area contributed by atoms with Gasteiger partial charge in [0, 0.05) is 5.56 Å². The number of ether oxygens (including phenoxy) is 1. The lowest BCUT2D eigenvalue weighted by Crippen LogP contribution is -2.18. The van der Waals surface area contributed by atoms with Crippen LogP contribution in [0.25, 0.3) is 0 Å². The molecule has 0 aliphatic carbocycles. The quantitative estimate of drug-likeness (QED) is 0.396. The Morgan fingerprint density at radius 2 is 1.72 bits per heavy atom. The molecule has 0 spiro atoms. The summed E-state index contributed by atoms with van der Waals surface area (Å²) in [4.78, 5) is 2.39. The van der Waals surface area contributed by atoms with Crippen molar-refractivity contribution in [2.75, 3.05) is 6.61 Å². The van der Waals surface area contributed by atoms with Gasteiger partial charge in [-0.25, -0.2) is 4.83 Å². The number of nitrogens with one attached hydrogen (secondary N) is 1. The summed E-state index contributed by atoms with van der Waals surface area (Å²) >= 11 is 0. The number of hydrogen-bond acceptors (Lipinski definition) is 4. The van der Waals surface area contributed by atoms with Crippen LogP contribution >= 0.6 is 0 Å². The number of nitrogens with zero attached hydrogens (tertiary/aromatic N) is 1. The van der Waals surface area contributed by atoms with Crippen LogP contribution in [0, 0.1) is 0 Å². The molecule has 5 nitrogen and oxygen atoms in total. The Morgan fingerprint density at radius 3 is 2.48 bits per heavy atom. The van der Waals surface area contributed by atoms with Crippen molar-refractivity contribution in [1.82, 2.24) is 4.83 Å². The lowest BCUT2D eigenvalue weighted by atomic mass is 10.2. The molecular weight excluding hydrogens is 336 g/mol. The molecule has 0 aliphatic heterocycles. The first-order valence-corrected chi connectivity index (χ1v) is 9.93. The molecular formula is C19H24N2O3S. The van der Waals surface area contributed by atoms with Gasteiger partial charge in [0.1, 0.15) is 5.75 Å². The summed E-state index contributed by atoms with van der Waals surface area (Å²) < 4.78 is 30.0. The van der Waals surface area contributed by atoms with Gasteiger partial charge in [-0.05, 0) is 30.7 Å². The second-order valence-electron chi connectivity index (χ2n) is 5.61. The van der Waals surface area contributed by atoms with Crippen LogP contribution in [0.2, 0.25) is 0 Å². The zero-order chi connectivity index (χ0) is 18.0. The third-order valence-corrected chi connectivity index (χ3v) is 4.84. The van der Waals surface area contributed by atoms with Gasteiger partial charge in [0.15, 0.2) is 0 Å². The van der Waals surface area contributed by atoms with Gasteiger partial charge in [0.25, 0.3) is 10.0 Å². The molecule has 2 rings (SSSR count). The molecule has 0 radical (unpaired) electrons. The van der Waals surface area contributed by atoms with Crippen LogP contribution in [0.4, 0.5) is 0 Å². The molecule has 0 amide bonds. The molecule has 25 heavy (non-hydrogen) atoms. The molecule has 0 aromatic heterocycles. The van der Waals surface area contributed by atoms with Crippen molar-refractivity contribution < 1.29 is 13.2 Å². The van der Waals surface area contributed by atoms with Crippen LogP contribution < -0.4 is 9.57 Å². The molecule has 0 saturated carbocycles. The SMILES string of the molecule is CCCCCCOc1ccccc1/C=N\NS(=O)(=O)c1ccccc1. The molecule has 134 valence electrons. The standard InChI is InChI=1S/C19H24N2O3S/c1-2-3-4-10-15-24-19-14-9-8-11-17(19)16-20-21-25(22,23)18-12-6-5-7-13-18/h5-9,11-14,16,21H,2-4,10,15H2,1H3/b20-16-. The van der Waals surface area contributed by atoms with E-state index in [9.17, 15) is 8.42 Å². The van der Waals surface area contributed by atoms with E-state index < -0.39 is 10.0 Å². The van der Waals surface area contributed by atoms with E-state index >= 15 is 0 Å². The summed E-state index contributed by atoms with van der Waals surface area (Å²) in [5, 5.41) is 3.87. The van der Waals surface area contributed by atoms with Crippen molar-refractivity contribution in [3.8, 4) is 5.75 Å². The Morgan fingerprint density at radius 1 is 1.00 bits per heavy atom. The zero-order valence-corrected chi connectivity index (χ0v) is 15.2. The van der Waals surface area contributed by atoms with Crippen molar-refractivity contribution in [3.05, 3.63) is 60.2 Å². The highest BCUT2D eigenvalue weighted by atomic mass is 32.2. The Balaban J connectivity index is 1.97. The van der Waals surface area contributed by atoms with E-state index in [1.807, 2.05) is 24.3 Å². The summed E-state index contributed by atoms with van der Waals surface area (Å²) in [5.74, 6) is 0.696. The Bertz CT molecular complexity index is 774. The van der Waals surface area contributed by atoms with Crippen molar-refractivity contribution in [3.63, 3.8) is 0 Å². The number of sulfonamides is 1. The van der Waals surface area contributed by atoms with Crippen molar-refractivity contribution in [2.45, 2.75) is 37.5 Å². The van der Waals surface area contributed by atoms with Crippen LogP contribution in [0.1, 0.15) is 38.2 Å².